The zero-order valence-electron chi connectivity index (χ0n) is 13.2. The third-order valence-electron chi connectivity index (χ3n) is 3.15. The van der Waals surface area contributed by atoms with E-state index in [-0.39, 0.29) is 24.9 Å². The number of hydrogen-bond donors (Lipinski definition) is 1. The van der Waals surface area contributed by atoms with E-state index in [1.54, 1.807) is 31.1 Å². The Morgan fingerprint density at radius 1 is 1.39 bits per heavy atom. The van der Waals surface area contributed by atoms with Gasteiger partial charge in [-0.3, -0.25) is 9.69 Å². The SMILES string of the molecule is COCc1nc(CNC(=O)[C@H](c2ccc(F)cc2)N(C)C)no1. The number of benzene rings is 1. The van der Waals surface area contributed by atoms with Crippen molar-refractivity contribution in [3.63, 3.8) is 0 Å². The number of ether oxygens (including phenoxy) is 1. The van der Waals surface area contributed by atoms with Crippen LogP contribution in [0.25, 0.3) is 0 Å². The van der Waals surface area contributed by atoms with Crippen molar-refractivity contribution in [2.75, 3.05) is 21.2 Å². The van der Waals surface area contributed by atoms with Gasteiger partial charge in [0.05, 0.1) is 6.54 Å². The minimum absolute atomic E-state index is 0.136. The monoisotopic (exact) mass is 322 g/mol. The van der Waals surface area contributed by atoms with Crippen LogP contribution in [-0.4, -0.2) is 42.2 Å². The lowest BCUT2D eigenvalue weighted by molar-refractivity contribution is -0.126. The molecule has 0 spiro atoms. The van der Waals surface area contributed by atoms with Crippen LogP contribution < -0.4 is 5.32 Å². The zero-order valence-corrected chi connectivity index (χ0v) is 13.2. The van der Waals surface area contributed by atoms with Crippen LogP contribution >= 0.6 is 0 Å². The van der Waals surface area contributed by atoms with Gasteiger partial charge in [0.15, 0.2) is 5.82 Å². The molecule has 1 N–H and O–H groups in total. The number of carbonyl (C=O) groups excluding carboxylic acids is 1. The van der Waals surface area contributed by atoms with Crippen molar-refractivity contribution < 1.29 is 18.4 Å². The number of methoxy groups -OCH3 is 1. The molecule has 1 atom stereocenters. The molecule has 0 radical (unpaired) electrons. The number of hydrogen-bond acceptors (Lipinski definition) is 6. The van der Waals surface area contributed by atoms with E-state index in [0.717, 1.165) is 0 Å². The van der Waals surface area contributed by atoms with Gasteiger partial charge in [-0.15, -0.1) is 0 Å². The number of halogens is 1. The van der Waals surface area contributed by atoms with Gasteiger partial charge in [-0.05, 0) is 31.8 Å². The summed E-state index contributed by atoms with van der Waals surface area (Å²) in [5.74, 6) is 0.130. The number of amides is 1. The Balaban J connectivity index is 2.02. The van der Waals surface area contributed by atoms with Gasteiger partial charge in [-0.2, -0.15) is 4.98 Å². The molecule has 7 nitrogen and oxygen atoms in total. The fraction of sp³-hybridized carbons (Fsp3) is 0.400. The highest BCUT2D eigenvalue weighted by molar-refractivity contribution is 5.83. The smallest absolute Gasteiger partial charge is 0.252 e. The van der Waals surface area contributed by atoms with Gasteiger partial charge in [0, 0.05) is 7.11 Å². The number of nitrogens with one attached hydrogen (secondary N) is 1. The zero-order chi connectivity index (χ0) is 16.8. The van der Waals surface area contributed by atoms with Crippen LogP contribution in [0.4, 0.5) is 4.39 Å². The van der Waals surface area contributed by atoms with Crippen LogP contribution in [0.3, 0.4) is 0 Å². The summed E-state index contributed by atoms with van der Waals surface area (Å²) >= 11 is 0. The first-order chi connectivity index (χ1) is 11.0. The second-order valence-corrected chi connectivity index (χ2v) is 5.17. The molecular weight excluding hydrogens is 303 g/mol. The average Bonchev–Trinajstić information content (AvgIpc) is 2.95. The first kappa shape index (κ1) is 17.0. The summed E-state index contributed by atoms with van der Waals surface area (Å²) in [4.78, 5) is 18.2. The summed E-state index contributed by atoms with van der Waals surface area (Å²) in [6.45, 7) is 0.356. The standard InChI is InChI=1S/C15H19FN4O3/c1-20(2)14(10-4-6-11(16)7-5-10)15(21)17-8-12-18-13(9-22-3)23-19-12/h4-7,14H,8-9H2,1-3H3,(H,17,21)/t14-/m0/s1. The van der Waals surface area contributed by atoms with Crippen LogP contribution in [0.1, 0.15) is 23.3 Å². The Labute approximate surface area is 133 Å². The predicted molar refractivity (Wildman–Crippen MR) is 79.7 cm³/mol. The van der Waals surface area contributed by atoms with Gasteiger partial charge in [0.2, 0.25) is 5.91 Å². The van der Waals surface area contributed by atoms with E-state index in [2.05, 4.69) is 15.5 Å². The number of rotatable bonds is 7. The molecule has 1 aromatic carbocycles. The summed E-state index contributed by atoms with van der Waals surface area (Å²) in [5, 5.41) is 6.50. The first-order valence-corrected chi connectivity index (χ1v) is 7.01. The third-order valence-corrected chi connectivity index (χ3v) is 3.15. The van der Waals surface area contributed by atoms with Gasteiger partial charge < -0.3 is 14.6 Å². The van der Waals surface area contributed by atoms with Crippen molar-refractivity contribution in [1.82, 2.24) is 20.4 Å². The van der Waals surface area contributed by atoms with Gasteiger partial charge in [-0.1, -0.05) is 17.3 Å². The molecule has 0 saturated carbocycles. The van der Waals surface area contributed by atoms with Crippen molar-refractivity contribution >= 4 is 5.91 Å². The van der Waals surface area contributed by atoms with E-state index in [1.165, 1.54) is 19.2 Å². The average molecular weight is 322 g/mol. The number of nitrogens with zero attached hydrogens (tertiary/aromatic N) is 3. The number of aromatic nitrogens is 2. The second-order valence-electron chi connectivity index (χ2n) is 5.17. The third kappa shape index (κ3) is 4.57. The second kappa shape index (κ2) is 7.80. The van der Waals surface area contributed by atoms with E-state index in [4.69, 9.17) is 9.26 Å². The van der Waals surface area contributed by atoms with Crippen molar-refractivity contribution in [1.29, 1.82) is 0 Å². The van der Waals surface area contributed by atoms with Crippen molar-refractivity contribution in [2.45, 2.75) is 19.2 Å². The maximum absolute atomic E-state index is 13.0. The molecule has 1 heterocycles. The van der Waals surface area contributed by atoms with E-state index in [9.17, 15) is 9.18 Å². The van der Waals surface area contributed by atoms with E-state index in [1.807, 2.05) is 0 Å². The van der Waals surface area contributed by atoms with Gasteiger partial charge in [0.25, 0.3) is 5.89 Å². The minimum atomic E-state index is -0.541. The van der Waals surface area contributed by atoms with Crippen LogP contribution in [0.5, 0.6) is 0 Å². The molecule has 1 aromatic heterocycles. The van der Waals surface area contributed by atoms with E-state index in [0.29, 0.717) is 17.3 Å². The van der Waals surface area contributed by atoms with Crippen molar-refractivity contribution in [3.8, 4) is 0 Å². The highest BCUT2D eigenvalue weighted by atomic mass is 19.1. The molecule has 124 valence electrons. The molecule has 23 heavy (non-hydrogen) atoms. The number of carbonyl (C=O) groups is 1. The van der Waals surface area contributed by atoms with Gasteiger partial charge in [-0.25, -0.2) is 4.39 Å². The topological polar surface area (TPSA) is 80.5 Å². The summed E-state index contributed by atoms with van der Waals surface area (Å²) < 4.78 is 22.9. The fourth-order valence-electron chi connectivity index (χ4n) is 2.14. The van der Waals surface area contributed by atoms with E-state index >= 15 is 0 Å². The number of likely N-dealkylation sites (N-methyl/N-ethyl adjacent to an activating group) is 1. The lowest BCUT2D eigenvalue weighted by Crippen LogP contribution is -2.36. The van der Waals surface area contributed by atoms with Crippen molar-refractivity contribution in [2.24, 2.45) is 0 Å². The molecule has 0 fully saturated rings. The molecule has 0 unspecified atom stereocenters. The van der Waals surface area contributed by atoms with Gasteiger partial charge >= 0.3 is 0 Å². The largest absolute Gasteiger partial charge is 0.375 e. The quantitative estimate of drug-likeness (QED) is 0.827. The molecule has 8 heteroatoms. The predicted octanol–water partition coefficient (Wildman–Crippen LogP) is 1.27. The Bertz CT molecular complexity index is 642. The van der Waals surface area contributed by atoms with Gasteiger partial charge in [0.1, 0.15) is 18.5 Å². The normalized spacial score (nSPS) is 12.4. The van der Waals surface area contributed by atoms with Crippen LogP contribution in [0.2, 0.25) is 0 Å². The minimum Gasteiger partial charge on any atom is -0.375 e. The Kier molecular flexibility index (Phi) is 5.78. The Hall–Kier alpha value is -2.32. The van der Waals surface area contributed by atoms with Crippen LogP contribution in [-0.2, 0) is 22.7 Å². The Morgan fingerprint density at radius 2 is 2.09 bits per heavy atom. The van der Waals surface area contributed by atoms with E-state index < -0.39 is 6.04 Å². The van der Waals surface area contributed by atoms with Crippen LogP contribution in [0.15, 0.2) is 28.8 Å². The molecule has 0 aliphatic carbocycles. The lowest BCUT2D eigenvalue weighted by Gasteiger charge is -2.23. The molecule has 0 aliphatic rings. The molecule has 1 amide bonds. The summed E-state index contributed by atoms with van der Waals surface area (Å²) in [7, 11) is 5.08. The molecule has 2 rings (SSSR count). The van der Waals surface area contributed by atoms with Crippen molar-refractivity contribution in [3.05, 3.63) is 47.4 Å². The molecule has 2 aromatic rings. The maximum Gasteiger partial charge on any atom is 0.252 e. The highest BCUT2D eigenvalue weighted by Gasteiger charge is 2.23. The molecule has 0 bridgehead atoms. The Morgan fingerprint density at radius 3 is 2.70 bits per heavy atom. The fourth-order valence-corrected chi connectivity index (χ4v) is 2.14. The lowest BCUT2D eigenvalue weighted by atomic mass is 10.1. The highest BCUT2D eigenvalue weighted by Crippen LogP contribution is 2.19. The first-order valence-electron chi connectivity index (χ1n) is 7.01. The summed E-state index contributed by atoms with van der Waals surface area (Å²) in [5.41, 5.74) is 0.696. The maximum atomic E-state index is 13.0. The molecule has 0 aliphatic heterocycles. The van der Waals surface area contributed by atoms with Crippen LogP contribution in [0, 0.1) is 5.82 Å². The summed E-state index contributed by atoms with van der Waals surface area (Å²) in [6.07, 6.45) is 0. The molecular formula is C15H19FN4O3. The summed E-state index contributed by atoms with van der Waals surface area (Å²) in [6, 6.07) is 5.29. The molecule has 0 saturated heterocycles.